The number of para-hydroxylation sites is 1. The number of rotatable bonds is 4. The Bertz CT molecular complexity index is 1170. The molecule has 0 radical (unpaired) electrons. The largest absolute Gasteiger partial charge is 0.486 e. The maximum atomic E-state index is 12.7. The van der Waals surface area contributed by atoms with Gasteiger partial charge in [-0.15, -0.1) is 0 Å². The number of amides is 2. The van der Waals surface area contributed by atoms with Crippen LogP contribution >= 0.6 is 0 Å². The van der Waals surface area contributed by atoms with Crippen molar-refractivity contribution < 1.29 is 19.1 Å². The number of hydrogen-bond donors (Lipinski definition) is 1. The highest BCUT2D eigenvalue weighted by Crippen LogP contribution is 2.37. The molecule has 7 nitrogen and oxygen atoms in total. The molecule has 3 aromatic carbocycles. The average Bonchev–Trinajstić information content (AvgIpc) is 3.02. The highest BCUT2D eigenvalue weighted by Gasteiger charge is 2.30. The van der Waals surface area contributed by atoms with Crippen LogP contribution in [0.25, 0.3) is 10.8 Å². The summed E-state index contributed by atoms with van der Waals surface area (Å²) in [6.45, 7) is 0.854. The third kappa shape index (κ3) is 2.97. The number of nitrogens with zero attached hydrogens (tertiary/aromatic N) is 2. The van der Waals surface area contributed by atoms with E-state index in [0.717, 1.165) is 16.5 Å². The molecule has 0 aromatic heterocycles. The van der Waals surface area contributed by atoms with E-state index < -0.39 is 0 Å². The molecule has 5 rings (SSSR count). The summed E-state index contributed by atoms with van der Waals surface area (Å²) in [7, 11) is 0. The molecule has 0 saturated heterocycles. The van der Waals surface area contributed by atoms with E-state index in [1.54, 1.807) is 6.07 Å². The van der Waals surface area contributed by atoms with Crippen molar-refractivity contribution in [1.29, 1.82) is 0 Å². The number of carbonyl (C=O) groups excluding carboxylic acids is 2. The summed E-state index contributed by atoms with van der Waals surface area (Å²) >= 11 is 0. The fourth-order valence-corrected chi connectivity index (χ4v) is 3.69. The van der Waals surface area contributed by atoms with Gasteiger partial charge in [-0.05, 0) is 29.7 Å². The van der Waals surface area contributed by atoms with E-state index in [-0.39, 0.29) is 18.4 Å². The monoisotopic (exact) mass is 387 g/mol. The first-order chi connectivity index (χ1) is 14.2. The van der Waals surface area contributed by atoms with Crippen molar-refractivity contribution in [3.05, 3.63) is 65.7 Å². The van der Waals surface area contributed by atoms with Crippen molar-refractivity contribution >= 4 is 34.5 Å². The zero-order valence-corrected chi connectivity index (χ0v) is 15.4. The summed E-state index contributed by atoms with van der Waals surface area (Å²) in [6.07, 6.45) is 1.51. The van der Waals surface area contributed by atoms with Crippen molar-refractivity contribution in [2.75, 3.05) is 24.7 Å². The van der Waals surface area contributed by atoms with Crippen LogP contribution in [0.5, 0.6) is 11.5 Å². The van der Waals surface area contributed by atoms with Gasteiger partial charge < -0.3 is 9.47 Å². The lowest BCUT2D eigenvalue weighted by Crippen LogP contribution is -2.37. The Morgan fingerprint density at radius 1 is 1.07 bits per heavy atom. The molecule has 0 aliphatic carbocycles. The summed E-state index contributed by atoms with van der Waals surface area (Å²) in [4.78, 5) is 26.6. The maximum absolute atomic E-state index is 12.7. The zero-order chi connectivity index (χ0) is 19.8. The Kier molecular flexibility index (Phi) is 4.13. The molecule has 7 heteroatoms. The molecule has 2 aliphatic rings. The van der Waals surface area contributed by atoms with Crippen LogP contribution in [-0.2, 0) is 4.79 Å². The second-order valence-electron chi connectivity index (χ2n) is 6.74. The van der Waals surface area contributed by atoms with Gasteiger partial charge in [-0.1, -0.05) is 30.3 Å². The number of carbonyl (C=O) groups is 2. The Labute approximate surface area is 166 Å². The maximum Gasteiger partial charge on any atom is 0.260 e. The number of hydrogen-bond acceptors (Lipinski definition) is 5. The molecule has 29 heavy (non-hydrogen) atoms. The van der Waals surface area contributed by atoms with Crippen molar-refractivity contribution in [3.8, 4) is 11.5 Å². The van der Waals surface area contributed by atoms with Crippen LogP contribution in [0.2, 0.25) is 0 Å². The van der Waals surface area contributed by atoms with Gasteiger partial charge in [-0.2, -0.15) is 5.10 Å². The van der Waals surface area contributed by atoms with E-state index in [2.05, 4.69) is 10.5 Å². The van der Waals surface area contributed by atoms with Gasteiger partial charge in [0.25, 0.3) is 11.8 Å². The van der Waals surface area contributed by atoms with Gasteiger partial charge >= 0.3 is 0 Å². The third-order valence-electron chi connectivity index (χ3n) is 4.94. The molecule has 3 aromatic rings. The lowest BCUT2D eigenvalue weighted by molar-refractivity contribution is -0.119. The molecule has 0 saturated carbocycles. The smallest absolute Gasteiger partial charge is 0.260 e. The summed E-state index contributed by atoms with van der Waals surface area (Å²) in [5, 5.41) is 5.87. The lowest BCUT2D eigenvalue weighted by atomic mass is 10.1. The number of fused-ring (bicyclic) bond motifs is 1. The number of ether oxygens (including phenoxy) is 2. The van der Waals surface area contributed by atoms with Gasteiger partial charge in [0.2, 0.25) is 0 Å². The minimum Gasteiger partial charge on any atom is -0.486 e. The quantitative estimate of drug-likeness (QED) is 0.551. The average molecular weight is 387 g/mol. The summed E-state index contributed by atoms with van der Waals surface area (Å²) in [6, 6.07) is 16.7. The molecule has 0 unspecified atom stereocenters. The predicted octanol–water partition coefficient (Wildman–Crippen LogP) is 2.72. The fourth-order valence-electron chi connectivity index (χ4n) is 3.69. The summed E-state index contributed by atoms with van der Waals surface area (Å²) in [5.74, 6) is 0.689. The van der Waals surface area contributed by atoms with Gasteiger partial charge in [0.1, 0.15) is 19.8 Å². The van der Waals surface area contributed by atoms with E-state index in [4.69, 9.17) is 9.47 Å². The molecule has 2 amide bonds. The molecule has 0 bridgehead atoms. The second kappa shape index (κ2) is 6.94. The summed E-state index contributed by atoms with van der Waals surface area (Å²) < 4.78 is 11.2. The third-order valence-corrected chi connectivity index (χ3v) is 4.94. The van der Waals surface area contributed by atoms with E-state index in [1.165, 1.54) is 11.1 Å². The molecule has 2 heterocycles. The first-order valence-corrected chi connectivity index (χ1v) is 9.26. The molecular weight excluding hydrogens is 370 g/mol. The number of nitrogens with one attached hydrogen (secondary N) is 1. The first kappa shape index (κ1) is 17.2. The highest BCUT2D eigenvalue weighted by atomic mass is 16.6. The molecule has 0 atom stereocenters. The van der Waals surface area contributed by atoms with Crippen LogP contribution < -0.4 is 19.8 Å². The summed E-state index contributed by atoms with van der Waals surface area (Å²) in [5.41, 5.74) is 4.54. The van der Waals surface area contributed by atoms with Crippen LogP contribution in [-0.4, -0.2) is 37.8 Å². The van der Waals surface area contributed by atoms with Gasteiger partial charge in [0.15, 0.2) is 11.5 Å². The Hall–Kier alpha value is -3.87. The number of benzene rings is 3. The Morgan fingerprint density at radius 3 is 2.76 bits per heavy atom. The van der Waals surface area contributed by atoms with Crippen molar-refractivity contribution in [2.45, 2.75) is 0 Å². The van der Waals surface area contributed by atoms with E-state index in [1.807, 2.05) is 48.5 Å². The SMILES string of the molecule is O=C(CN1C(=O)c2cccc3cccc1c23)N/N=C\c1cccc2c1OCCO2. The van der Waals surface area contributed by atoms with E-state index >= 15 is 0 Å². The number of hydrazone groups is 1. The molecular formula is C22H17N3O4. The fraction of sp³-hybridized carbons (Fsp3) is 0.136. The van der Waals surface area contributed by atoms with Crippen LogP contribution in [0.4, 0.5) is 5.69 Å². The Morgan fingerprint density at radius 2 is 1.86 bits per heavy atom. The topological polar surface area (TPSA) is 80.2 Å². The van der Waals surface area contributed by atoms with Crippen LogP contribution in [0.15, 0.2) is 59.7 Å². The normalized spacial score (nSPS) is 14.6. The van der Waals surface area contributed by atoms with Crippen molar-refractivity contribution in [1.82, 2.24) is 5.43 Å². The lowest BCUT2D eigenvalue weighted by Gasteiger charge is -2.19. The van der Waals surface area contributed by atoms with Gasteiger partial charge in [0.05, 0.1) is 11.9 Å². The number of anilines is 1. The van der Waals surface area contributed by atoms with Crippen LogP contribution in [0.1, 0.15) is 15.9 Å². The minimum absolute atomic E-state index is 0.115. The van der Waals surface area contributed by atoms with Crippen LogP contribution in [0.3, 0.4) is 0 Å². The molecule has 2 aliphatic heterocycles. The van der Waals surface area contributed by atoms with Crippen molar-refractivity contribution in [3.63, 3.8) is 0 Å². The van der Waals surface area contributed by atoms with Crippen LogP contribution in [0, 0.1) is 0 Å². The molecule has 144 valence electrons. The van der Waals surface area contributed by atoms with E-state index in [9.17, 15) is 9.59 Å². The Balaban J connectivity index is 1.31. The van der Waals surface area contributed by atoms with Crippen molar-refractivity contribution in [2.24, 2.45) is 5.10 Å². The molecule has 0 spiro atoms. The minimum atomic E-state index is -0.388. The van der Waals surface area contributed by atoms with Gasteiger partial charge in [-0.3, -0.25) is 14.5 Å². The predicted molar refractivity (Wildman–Crippen MR) is 109 cm³/mol. The van der Waals surface area contributed by atoms with E-state index in [0.29, 0.717) is 35.8 Å². The standard InChI is InChI=1S/C22H17N3O4/c26-19(24-23-12-15-6-3-9-18-21(15)29-11-10-28-18)13-25-17-8-2-5-14-4-1-7-16(20(14)17)22(25)27/h1-9,12H,10-11,13H2,(H,24,26)/b23-12-. The molecule has 1 N–H and O–H groups in total. The first-order valence-electron chi connectivity index (χ1n) is 9.26. The molecule has 0 fully saturated rings. The zero-order valence-electron chi connectivity index (χ0n) is 15.4. The highest BCUT2D eigenvalue weighted by molar-refractivity contribution is 6.26. The second-order valence-corrected chi connectivity index (χ2v) is 6.74. The van der Waals surface area contributed by atoms with Gasteiger partial charge in [0, 0.05) is 16.5 Å². The van der Waals surface area contributed by atoms with Gasteiger partial charge in [-0.25, -0.2) is 5.43 Å².